The molecule has 0 aliphatic heterocycles. The second kappa shape index (κ2) is 6.20. The molecule has 0 radical (unpaired) electrons. The summed E-state index contributed by atoms with van der Waals surface area (Å²) in [6.45, 7) is 4.46. The number of aromatic carboxylic acids is 1. The van der Waals surface area contributed by atoms with E-state index in [4.69, 9.17) is 10.2 Å². The van der Waals surface area contributed by atoms with Gasteiger partial charge in [0.2, 0.25) is 0 Å². The molecule has 0 aliphatic rings. The van der Waals surface area contributed by atoms with Gasteiger partial charge < -0.3 is 15.5 Å². The molecule has 1 rings (SSSR count). The zero-order valence-corrected chi connectivity index (χ0v) is 10.1. The number of carbonyl (C=O) groups is 1. The van der Waals surface area contributed by atoms with E-state index in [0.717, 1.165) is 0 Å². The van der Waals surface area contributed by atoms with E-state index in [0.29, 0.717) is 24.3 Å². The van der Waals surface area contributed by atoms with Crippen molar-refractivity contribution in [1.29, 1.82) is 0 Å². The summed E-state index contributed by atoms with van der Waals surface area (Å²) in [7, 11) is 0. The summed E-state index contributed by atoms with van der Waals surface area (Å²) in [5.74, 6) is -0.320. The largest absolute Gasteiger partial charge is 0.478 e. The fraction of sp³-hybridized carbons (Fsp3) is 0.500. The molecule has 1 aromatic heterocycles. The lowest BCUT2D eigenvalue weighted by Crippen LogP contribution is -2.16. The Labute approximate surface area is 101 Å². The Morgan fingerprint density at radius 2 is 2.29 bits per heavy atom. The zero-order chi connectivity index (χ0) is 12.8. The molecule has 0 spiro atoms. The fourth-order valence-electron chi connectivity index (χ4n) is 1.56. The van der Waals surface area contributed by atoms with Crippen molar-refractivity contribution >= 4 is 11.8 Å². The highest BCUT2D eigenvalue weighted by Crippen LogP contribution is 2.17. The topological polar surface area (TPSA) is 82.5 Å². The predicted octanol–water partition coefficient (Wildman–Crippen LogP) is 1.52. The second-order valence-electron chi connectivity index (χ2n) is 4.15. The molecule has 1 atom stereocenters. The maximum absolute atomic E-state index is 11.1. The molecule has 0 bridgehead atoms. The molecule has 94 valence electrons. The summed E-state index contributed by atoms with van der Waals surface area (Å²) >= 11 is 0. The summed E-state index contributed by atoms with van der Waals surface area (Å²) in [4.78, 5) is 15.1. The van der Waals surface area contributed by atoms with Gasteiger partial charge >= 0.3 is 5.97 Å². The van der Waals surface area contributed by atoms with Crippen LogP contribution in [0.2, 0.25) is 0 Å². The number of aryl methyl sites for hydroxylation is 1. The van der Waals surface area contributed by atoms with Crippen LogP contribution >= 0.6 is 0 Å². The molecule has 1 heterocycles. The Hall–Kier alpha value is -1.62. The maximum Gasteiger partial charge on any atom is 0.339 e. The lowest BCUT2D eigenvalue weighted by Gasteiger charge is -2.14. The van der Waals surface area contributed by atoms with Crippen molar-refractivity contribution in [2.24, 2.45) is 5.92 Å². The standard InChI is InChI=1S/C12H18N2O3/c1-8(4-6-15)7-14-11-10(12(16)17)9(2)3-5-13-11/h3,5,8,15H,4,6-7H2,1-2H3,(H,13,14)(H,16,17). The van der Waals surface area contributed by atoms with Gasteiger partial charge in [-0.05, 0) is 30.9 Å². The number of nitrogens with zero attached hydrogens (tertiary/aromatic N) is 1. The maximum atomic E-state index is 11.1. The van der Waals surface area contributed by atoms with Crippen LogP contribution < -0.4 is 5.32 Å². The van der Waals surface area contributed by atoms with Gasteiger partial charge in [0, 0.05) is 19.3 Å². The highest BCUT2D eigenvalue weighted by Gasteiger charge is 2.14. The first-order valence-electron chi connectivity index (χ1n) is 5.60. The third kappa shape index (κ3) is 3.71. The van der Waals surface area contributed by atoms with Gasteiger partial charge in [-0.15, -0.1) is 0 Å². The number of rotatable bonds is 6. The highest BCUT2D eigenvalue weighted by molar-refractivity contribution is 5.94. The molecule has 0 aliphatic carbocycles. The number of hydrogen-bond acceptors (Lipinski definition) is 4. The van der Waals surface area contributed by atoms with Crippen LogP contribution in [0.1, 0.15) is 29.3 Å². The van der Waals surface area contributed by atoms with E-state index >= 15 is 0 Å². The van der Waals surface area contributed by atoms with Gasteiger partial charge in [-0.2, -0.15) is 0 Å². The quantitative estimate of drug-likeness (QED) is 0.700. The lowest BCUT2D eigenvalue weighted by atomic mass is 10.1. The molecule has 0 saturated carbocycles. The van der Waals surface area contributed by atoms with Crippen molar-refractivity contribution in [3.05, 3.63) is 23.4 Å². The van der Waals surface area contributed by atoms with Crippen LogP contribution in [0.25, 0.3) is 0 Å². The normalized spacial score (nSPS) is 12.2. The third-order valence-corrected chi connectivity index (χ3v) is 2.61. The minimum absolute atomic E-state index is 0.135. The van der Waals surface area contributed by atoms with Crippen LogP contribution in [0.3, 0.4) is 0 Å². The molecule has 5 nitrogen and oxygen atoms in total. The van der Waals surface area contributed by atoms with E-state index in [1.165, 1.54) is 0 Å². The van der Waals surface area contributed by atoms with Gasteiger partial charge in [-0.25, -0.2) is 9.78 Å². The van der Waals surface area contributed by atoms with E-state index in [9.17, 15) is 4.79 Å². The second-order valence-corrected chi connectivity index (χ2v) is 4.15. The Morgan fingerprint density at radius 3 is 2.88 bits per heavy atom. The van der Waals surface area contributed by atoms with E-state index in [1.54, 1.807) is 19.2 Å². The van der Waals surface area contributed by atoms with E-state index < -0.39 is 5.97 Å². The van der Waals surface area contributed by atoms with Gasteiger partial charge in [0.25, 0.3) is 0 Å². The number of aliphatic hydroxyl groups excluding tert-OH is 1. The molecule has 0 aromatic carbocycles. The lowest BCUT2D eigenvalue weighted by molar-refractivity contribution is 0.0696. The first-order chi connectivity index (χ1) is 8.06. The number of pyridine rings is 1. The smallest absolute Gasteiger partial charge is 0.339 e. The molecule has 3 N–H and O–H groups in total. The zero-order valence-electron chi connectivity index (χ0n) is 10.1. The average Bonchev–Trinajstić information content (AvgIpc) is 2.26. The van der Waals surface area contributed by atoms with Crippen LogP contribution in [0.15, 0.2) is 12.3 Å². The molecule has 0 saturated heterocycles. The molecule has 17 heavy (non-hydrogen) atoms. The first kappa shape index (κ1) is 13.4. The SMILES string of the molecule is Cc1ccnc(NCC(C)CCO)c1C(=O)O. The molecule has 1 unspecified atom stereocenters. The monoisotopic (exact) mass is 238 g/mol. The fourth-order valence-corrected chi connectivity index (χ4v) is 1.56. The number of carboxylic acids is 1. The molecular formula is C12H18N2O3. The number of nitrogens with one attached hydrogen (secondary N) is 1. The van der Waals surface area contributed by atoms with Gasteiger partial charge in [0.1, 0.15) is 11.4 Å². The van der Waals surface area contributed by atoms with Crippen molar-refractivity contribution in [3.8, 4) is 0 Å². The van der Waals surface area contributed by atoms with Crippen LogP contribution in [0, 0.1) is 12.8 Å². The van der Waals surface area contributed by atoms with Gasteiger partial charge in [-0.1, -0.05) is 6.92 Å². The Balaban J connectivity index is 2.77. The molecule has 5 heteroatoms. The molecule has 1 aromatic rings. The molecule has 0 fully saturated rings. The summed E-state index contributed by atoms with van der Waals surface area (Å²) < 4.78 is 0. The van der Waals surface area contributed by atoms with E-state index in [1.807, 2.05) is 6.92 Å². The van der Waals surface area contributed by atoms with Crippen molar-refractivity contribution in [2.75, 3.05) is 18.5 Å². The Bertz CT molecular complexity index is 393. The van der Waals surface area contributed by atoms with Crippen LogP contribution in [-0.4, -0.2) is 34.3 Å². The highest BCUT2D eigenvalue weighted by atomic mass is 16.4. The summed E-state index contributed by atoms with van der Waals surface area (Å²) in [6.07, 6.45) is 2.27. The van der Waals surface area contributed by atoms with Crippen molar-refractivity contribution < 1.29 is 15.0 Å². The van der Waals surface area contributed by atoms with Crippen molar-refractivity contribution in [1.82, 2.24) is 4.98 Å². The number of aliphatic hydroxyl groups is 1. The van der Waals surface area contributed by atoms with Crippen molar-refractivity contribution in [3.63, 3.8) is 0 Å². The van der Waals surface area contributed by atoms with Crippen molar-refractivity contribution in [2.45, 2.75) is 20.3 Å². The molecule has 0 amide bonds. The number of carboxylic acid groups (broad SMARTS) is 1. The average molecular weight is 238 g/mol. The molecular weight excluding hydrogens is 220 g/mol. The summed E-state index contributed by atoms with van der Waals surface area (Å²) in [5.41, 5.74) is 0.897. The van der Waals surface area contributed by atoms with E-state index in [-0.39, 0.29) is 18.1 Å². The van der Waals surface area contributed by atoms with Gasteiger partial charge in [-0.3, -0.25) is 0 Å². The number of hydrogen-bond donors (Lipinski definition) is 3. The first-order valence-corrected chi connectivity index (χ1v) is 5.60. The van der Waals surface area contributed by atoms with E-state index in [2.05, 4.69) is 10.3 Å². The van der Waals surface area contributed by atoms with Gasteiger partial charge in [0.05, 0.1) is 0 Å². The summed E-state index contributed by atoms with van der Waals surface area (Å²) in [5, 5.41) is 20.9. The van der Waals surface area contributed by atoms with Crippen LogP contribution in [0.4, 0.5) is 5.82 Å². The Morgan fingerprint density at radius 1 is 1.59 bits per heavy atom. The minimum Gasteiger partial charge on any atom is -0.478 e. The minimum atomic E-state index is -0.979. The third-order valence-electron chi connectivity index (χ3n) is 2.61. The summed E-state index contributed by atoms with van der Waals surface area (Å²) in [6, 6.07) is 1.67. The van der Waals surface area contributed by atoms with Crippen LogP contribution in [0.5, 0.6) is 0 Å². The van der Waals surface area contributed by atoms with Crippen LogP contribution in [-0.2, 0) is 0 Å². The number of anilines is 1. The predicted molar refractivity (Wildman–Crippen MR) is 65.3 cm³/mol. The van der Waals surface area contributed by atoms with Gasteiger partial charge in [0.15, 0.2) is 0 Å². The number of aromatic nitrogens is 1. The Kier molecular flexibility index (Phi) is 4.90.